The number of nitrogens with one attached hydrogen (secondary N) is 2. The number of hydrogen-bond acceptors (Lipinski definition) is 10. The number of benzene rings is 1. The summed E-state index contributed by atoms with van der Waals surface area (Å²) in [6, 6.07) is 4.65. The zero-order valence-corrected chi connectivity index (χ0v) is 25.6. The molecular weight excluding hydrogens is 616 g/mol. The molecule has 0 radical (unpaired) electrons. The summed E-state index contributed by atoms with van der Waals surface area (Å²) >= 11 is 0. The maximum atomic E-state index is 13.6. The number of rotatable bonds is 9. The van der Waals surface area contributed by atoms with E-state index in [1.54, 1.807) is 24.5 Å². The van der Waals surface area contributed by atoms with Gasteiger partial charge in [-0.1, -0.05) is 0 Å². The number of alkyl halides is 2. The molecule has 0 spiro atoms. The smallest absolute Gasteiger partial charge is 0.387 e. The van der Waals surface area contributed by atoms with E-state index in [1.165, 1.54) is 27.7 Å². The lowest BCUT2D eigenvalue weighted by molar-refractivity contribution is -0.133. The van der Waals surface area contributed by atoms with Crippen molar-refractivity contribution in [3.63, 3.8) is 0 Å². The Hall–Kier alpha value is -4.83. The third-order valence-corrected chi connectivity index (χ3v) is 8.65. The topological polar surface area (TPSA) is 140 Å². The number of piperidine rings is 1. The summed E-state index contributed by atoms with van der Waals surface area (Å²) in [5.74, 6) is 0.0981. The van der Waals surface area contributed by atoms with Crippen molar-refractivity contribution >= 4 is 28.8 Å². The van der Waals surface area contributed by atoms with E-state index in [-0.39, 0.29) is 40.7 Å². The number of aromatic nitrogens is 5. The predicted molar refractivity (Wildman–Crippen MR) is 166 cm³/mol. The molecule has 3 aromatic heterocycles. The van der Waals surface area contributed by atoms with Gasteiger partial charge in [0, 0.05) is 63.9 Å². The molecule has 3 aliphatic rings. The maximum absolute atomic E-state index is 13.6. The molecule has 2 amide bonds. The van der Waals surface area contributed by atoms with Crippen LogP contribution in [0.3, 0.4) is 0 Å². The van der Waals surface area contributed by atoms with E-state index >= 15 is 0 Å². The van der Waals surface area contributed by atoms with E-state index < -0.39 is 12.5 Å². The molecule has 47 heavy (non-hydrogen) atoms. The van der Waals surface area contributed by atoms with Crippen LogP contribution in [0.2, 0.25) is 0 Å². The number of fused-ring (bicyclic) bond motifs is 2. The molecule has 2 fully saturated rings. The quantitative estimate of drug-likeness (QED) is 0.278. The highest BCUT2D eigenvalue weighted by Gasteiger charge is 2.28. The number of halogens is 2. The predicted octanol–water partition coefficient (Wildman–Crippen LogP) is 2.82. The Morgan fingerprint density at radius 2 is 1.96 bits per heavy atom. The number of carbonyl (C=O) groups excluding carboxylic acids is 2. The first-order valence-electron chi connectivity index (χ1n) is 15.7. The SMILES string of the molecule is O=C(Nc1cn(CC(=O)N2CCC(CN3CCOCC3)CC2)nc1-c1cc2c(cc1OC(F)F)NCCO2)c1cnn2cccnc12. The maximum Gasteiger partial charge on any atom is 0.387 e. The summed E-state index contributed by atoms with van der Waals surface area (Å²) < 4.78 is 46.2. The van der Waals surface area contributed by atoms with E-state index in [1.807, 2.05) is 4.90 Å². The third kappa shape index (κ3) is 6.83. The largest absolute Gasteiger partial charge is 0.490 e. The highest BCUT2D eigenvalue weighted by atomic mass is 19.3. The highest BCUT2D eigenvalue weighted by Crippen LogP contribution is 2.42. The van der Waals surface area contributed by atoms with Gasteiger partial charge in [-0.25, -0.2) is 9.50 Å². The fourth-order valence-corrected chi connectivity index (χ4v) is 6.26. The summed E-state index contributed by atoms with van der Waals surface area (Å²) in [6.45, 7) is 3.30. The van der Waals surface area contributed by atoms with Crippen LogP contribution in [0.1, 0.15) is 23.2 Å². The molecule has 0 saturated carbocycles. The van der Waals surface area contributed by atoms with Crippen LogP contribution in [0, 0.1) is 5.92 Å². The Morgan fingerprint density at radius 3 is 2.77 bits per heavy atom. The van der Waals surface area contributed by atoms with Gasteiger partial charge in [0.05, 0.1) is 36.3 Å². The second-order valence-corrected chi connectivity index (χ2v) is 11.7. The van der Waals surface area contributed by atoms with Gasteiger partial charge in [0.15, 0.2) is 5.65 Å². The first-order chi connectivity index (χ1) is 22.9. The van der Waals surface area contributed by atoms with Gasteiger partial charge >= 0.3 is 6.61 Å². The van der Waals surface area contributed by atoms with E-state index in [4.69, 9.17) is 14.2 Å². The number of carbonyl (C=O) groups is 2. The second kappa shape index (κ2) is 13.5. The number of anilines is 2. The Labute approximate surface area is 268 Å². The molecule has 2 N–H and O–H groups in total. The molecule has 6 heterocycles. The van der Waals surface area contributed by atoms with Crippen molar-refractivity contribution in [2.75, 3.05) is 69.7 Å². The number of ether oxygens (including phenoxy) is 3. The fourth-order valence-electron chi connectivity index (χ4n) is 6.26. The van der Waals surface area contributed by atoms with Crippen LogP contribution in [-0.2, 0) is 16.1 Å². The lowest BCUT2D eigenvalue weighted by Gasteiger charge is -2.36. The second-order valence-electron chi connectivity index (χ2n) is 11.7. The summed E-state index contributed by atoms with van der Waals surface area (Å²) in [4.78, 5) is 35.5. The molecule has 0 bridgehead atoms. The first kappa shape index (κ1) is 30.8. The zero-order chi connectivity index (χ0) is 32.3. The summed E-state index contributed by atoms with van der Waals surface area (Å²) in [7, 11) is 0. The van der Waals surface area contributed by atoms with Crippen molar-refractivity contribution in [3.05, 3.63) is 48.5 Å². The molecule has 248 valence electrons. The van der Waals surface area contributed by atoms with Gasteiger partial charge in [-0.15, -0.1) is 0 Å². The van der Waals surface area contributed by atoms with Crippen LogP contribution in [0.4, 0.5) is 20.2 Å². The Kier molecular flexibility index (Phi) is 8.84. The molecule has 4 aromatic rings. The van der Waals surface area contributed by atoms with Gasteiger partial charge in [-0.05, 0) is 30.9 Å². The van der Waals surface area contributed by atoms with E-state index in [9.17, 15) is 18.4 Å². The monoisotopic (exact) mass is 651 g/mol. The van der Waals surface area contributed by atoms with Crippen molar-refractivity contribution in [3.8, 4) is 22.8 Å². The van der Waals surface area contributed by atoms with Crippen LogP contribution in [0.15, 0.2) is 43.0 Å². The minimum absolute atomic E-state index is 0.108. The molecule has 0 unspecified atom stereocenters. The molecule has 0 aliphatic carbocycles. The minimum Gasteiger partial charge on any atom is -0.490 e. The number of nitrogens with zero attached hydrogens (tertiary/aromatic N) is 7. The molecule has 1 aromatic carbocycles. The molecule has 0 atom stereocenters. The fraction of sp³-hybridized carbons (Fsp3) is 0.452. The van der Waals surface area contributed by atoms with Crippen LogP contribution in [0.25, 0.3) is 16.9 Å². The number of amides is 2. The summed E-state index contributed by atoms with van der Waals surface area (Å²) in [6.07, 6.45) is 7.91. The van der Waals surface area contributed by atoms with Crippen LogP contribution in [0.5, 0.6) is 11.5 Å². The van der Waals surface area contributed by atoms with Crippen LogP contribution >= 0.6 is 0 Å². The van der Waals surface area contributed by atoms with E-state index in [0.717, 1.165) is 45.7 Å². The lowest BCUT2D eigenvalue weighted by atomic mass is 9.96. The Bertz CT molecular complexity index is 1750. The van der Waals surface area contributed by atoms with Gasteiger partial charge in [0.1, 0.15) is 35.9 Å². The molecule has 14 nitrogen and oxygen atoms in total. The number of likely N-dealkylation sites (tertiary alicyclic amines) is 1. The van der Waals surface area contributed by atoms with Gasteiger partial charge < -0.3 is 29.7 Å². The van der Waals surface area contributed by atoms with Crippen molar-refractivity contribution in [1.82, 2.24) is 34.2 Å². The first-order valence-corrected chi connectivity index (χ1v) is 15.7. The normalized spacial score (nSPS) is 17.3. The van der Waals surface area contributed by atoms with Crippen LogP contribution < -0.4 is 20.1 Å². The average Bonchev–Trinajstić information content (AvgIpc) is 3.69. The van der Waals surface area contributed by atoms with Crippen molar-refractivity contribution < 1.29 is 32.6 Å². The minimum atomic E-state index is -3.12. The average molecular weight is 652 g/mol. The van der Waals surface area contributed by atoms with Crippen molar-refractivity contribution in [2.24, 2.45) is 5.92 Å². The number of hydrogen-bond donors (Lipinski definition) is 2. The molecular formula is C31H35F2N9O5. The molecule has 3 aliphatic heterocycles. The van der Waals surface area contributed by atoms with Gasteiger partial charge in [-0.2, -0.15) is 19.0 Å². The third-order valence-electron chi connectivity index (χ3n) is 8.65. The highest BCUT2D eigenvalue weighted by molar-refractivity contribution is 6.09. The van der Waals surface area contributed by atoms with Crippen molar-refractivity contribution in [2.45, 2.75) is 26.0 Å². The van der Waals surface area contributed by atoms with Gasteiger partial charge in [0.25, 0.3) is 5.91 Å². The summed E-state index contributed by atoms with van der Waals surface area (Å²) in [5.41, 5.74) is 1.50. The zero-order valence-electron chi connectivity index (χ0n) is 25.6. The molecule has 7 rings (SSSR count). The van der Waals surface area contributed by atoms with Crippen molar-refractivity contribution in [1.29, 1.82) is 0 Å². The molecule has 16 heteroatoms. The van der Waals surface area contributed by atoms with E-state index in [0.29, 0.717) is 49.2 Å². The molecule has 2 saturated heterocycles. The standard InChI is InChI=1S/C31H35F2N9O5/c32-31(33)47-25-15-23-26(46-11-5-34-23)14-21(25)28-24(37-30(44)22-16-36-42-6-1-4-35-29(22)42)18-41(38-28)19-27(43)40-7-2-20(3-8-40)17-39-9-12-45-13-10-39/h1,4,6,14-16,18,20,31,34H,2-3,5,7-13,17,19H2,(H,37,44). The van der Waals surface area contributed by atoms with Crippen LogP contribution in [-0.4, -0.2) is 112 Å². The summed E-state index contributed by atoms with van der Waals surface area (Å²) in [5, 5.41) is 14.7. The van der Waals surface area contributed by atoms with Gasteiger partial charge in [-0.3, -0.25) is 19.2 Å². The van der Waals surface area contributed by atoms with Gasteiger partial charge in [0.2, 0.25) is 5.91 Å². The lowest BCUT2D eigenvalue weighted by Crippen LogP contribution is -2.45. The Morgan fingerprint density at radius 1 is 1.13 bits per heavy atom. The number of morpholine rings is 1. The van der Waals surface area contributed by atoms with E-state index in [2.05, 4.69) is 30.7 Å². The Balaban J connectivity index is 1.15.